The van der Waals surface area contributed by atoms with Gasteiger partial charge >= 0.3 is 0 Å². The molecule has 0 aromatic heterocycles. The van der Waals surface area contributed by atoms with Crippen molar-refractivity contribution >= 4 is 5.91 Å². The van der Waals surface area contributed by atoms with Crippen LogP contribution in [0.15, 0.2) is 0 Å². The largest absolute Gasteiger partial charge is 0.355 e. The molecule has 0 aromatic carbocycles. The number of hydrogen-bond donors (Lipinski definition) is 2. The summed E-state index contributed by atoms with van der Waals surface area (Å²) >= 11 is 0. The molecule has 2 rings (SSSR count). The van der Waals surface area contributed by atoms with Crippen molar-refractivity contribution in [2.45, 2.75) is 52.4 Å². The van der Waals surface area contributed by atoms with Crippen LogP contribution in [0.4, 0.5) is 0 Å². The zero-order chi connectivity index (χ0) is 13.0. The molecule has 0 aromatic rings. The highest BCUT2D eigenvalue weighted by Crippen LogP contribution is 2.29. The Morgan fingerprint density at radius 2 is 2.06 bits per heavy atom. The summed E-state index contributed by atoms with van der Waals surface area (Å²) in [5.74, 6) is 1.39. The Labute approximate surface area is 111 Å². The molecule has 18 heavy (non-hydrogen) atoms. The quantitative estimate of drug-likeness (QED) is 0.809. The summed E-state index contributed by atoms with van der Waals surface area (Å²) in [6.07, 6.45) is 7.06. The van der Waals surface area contributed by atoms with Crippen molar-refractivity contribution in [3.05, 3.63) is 0 Å². The number of amides is 1. The number of rotatable bonds is 3. The molecule has 104 valence electrons. The zero-order valence-electron chi connectivity index (χ0n) is 11.9. The van der Waals surface area contributed by atoms with Gasteiger partial charge in [-0.15, -0.1) is 0 Å². The molecule has 0 spiro atoms. The van der Waals surface area contributed by atoms with Crippen molar-refractivity contribution in [3.63, 3.8) is 0 Å². The first kappa shape index (κ1) is 13.9. The van der Waals surface area contributed by atoms with Crippen LogP contribution in [0.1, 0.15) is 52.4 Å². The van der Waals surface area contributed by atoms with Crippen LogP contribution < -0.4 is 10.6 Å². The monoisotopic (exact) mass is 252 g/mol. The van der Waals surface area contributed by atoms with E-state index in [0.717, 1.165) is 38.4 Å². The molecule has 2 fully saturated rings. The van der Waals surface area contributed by atoms with Gasteiger partial charge in [0.25, 0.3) is 0 Å². The van der Waals surface area contributed by atoms with Crippen LogP contribution in [0, 0.1) is 17.3 Å². The summed E-state index contributed by atoms with van der Waals surface area (Å²) in [5.41, 5.74) is 0.260. The van der Waals surface area contributed by atoms with Crippen LogP contribution in [0.25, 0.3) is 0 Å². The van der Waals surface area contributed by atoms with Gasteiger partial charge in [0.2, 0.25) is 5.91 Å². The van der Waals surface area contributed by atoms with Crippen LogP contribution >= 0.6 is 0 Å². The maximum absolute atomic E-state index is 12.2. The van der Waals surface area contributed by atoms with Gasteiger partial charge in [0.1, 0.15) is 0 Å². The molecule has 1 unspecified atom stereocenters. The van der Waals surface area contributed by atoms with E-state index in [2.05, 4.69) is 24.5 Å². The van der Waals surface area contributed by atoms with E-state index in [9.17, 15) is 4.79 Å². The molecule has 1 saturated carbocycles. The van der Waals surface area contributed by atoms with Crippen molar-refractivity contribution in [2.24, 2.45) is 17.3 Å². The van der Waals surface area contributed by atoms with Crippen molar-refractivity contribution in [2.75, 3.05) is 19.6 Å². The number of nitrogens with one attached hydrogen (secondary N) is 2. The summed E-state index contributed by atoms with van der Waals surface area (Å²) in [5, 5.41) is 6.63. The van der Waals surface area contributed by atoms with Crippen molar-refractivity contribution in [3.8, 4) is 0 Å². The van der Waals surface area contributed by atoms with Gasteiger partial charge in [-0.3, -0.25) is 4.79 Å². The molecule has 1 saturated heterocycles. The van der Waals surface area contributed by atoms with Gasteiger partial charge in [-0.25, -0.2) is 0 Å². The van der Waals surface area contributed by atoms with Gasteiger partial charge in [0.05, 0.1) is 0 Å². The number of hydrogen-bond acceptors (Lipinski definition) is 2. The van der Waals surface area contributed by atoms with Crippen LogP contribution in [-0.2, 0) is 4.79 Å². The molecule has 1 aliphatic carbocycles. The minimum atomic E-state index is 0.260. The Morgan fingerprint density at radius 3 is 2.67 bits per heavy atom. The van der Waals surface area contributed by atoms with Crippen molar-refractivity contribution in [1.82, 2.24) is 10.6 Å². The van der Waals surface area contributed by atoms with E-state index in [1.54, 1.807) is 0 Å². The highest BCUT2D eigenvalue weighted by Gasteiger charge is 2.29. The maximum atomic E-state index is 12.2. The minimum Gasteiger partial charge on any atom is -0.355 e. The van der Waals surface area contributed by atoms with Crippen LogP contribution in [0.3, 0.4) is 0 Å². The molecule has 1 aliphatic heterocycles. The normalized spacial score (nSPS) is 37.2. The van der Waals surface area contributed by atoms with Gasteiger partial charge in [-0.1, -0.05) is 13.8 Å². The Hall–Kier alpha value is -0.570. The lowest BCUT2D eigenvalue weighted by molar-refractivity contribution is -0.126. The second-order valence-corrected chi connectivity index (χ2v) is 6.77. The molecular weight excluding hydrogens is 224 g/mol. The fourth-order valence-corrected chi connectivity index (χ4v) is 3.24. The second kappa shape index (κ2) is 6.05. The average Bonchev–Trinajstić information content (AvgIpc) is 2.38. The second-order valence-electron chi connectivity index (χ2n) is 6.77. The topological polar surface area (TPSA) is 41.1 Å². The minimum absolute atomic E-state index is 0.260. The number of carbonyl (C=O) groups excluding carboxylic acids is 1. The Balaban J connectivity index is 1.74. The molecule has 0 radical (unpaired) electrons. The standard InChI is InChI=1S/C15H28N2O/c1-12-4-6-13(7-5-12)14(18)17-11-15(2)8-3-9-16-10-15/h12-13,16H,3-11H2,1-2H3,(H,17,18). The lowest BCUT2D eigenvalue weighted by atomic mass is 9.81. The van der Waals surface area contributed by atoms with Gasteiger partial charge in [0, 0.05) is 19.0 Å². The molecule has 2 aliphatic rings. The number of piperidine rings is 1. The van der Waals surface area contributed by atoms with Crippen LogP contribution in [0.5, 0.6) is 0 Å². The molecule has 1 heterocycles. The fraction of sp³-hybridized carbons (Fsp3) is 0.933. The third-order valence-electron chi connectivity index (χ3n) is 4.76. The Bertz CT molecular complexity index is 276. The average molecular weight is 252 g/mol. The molecule has 1 amide bonds. The highest BCUT2D eigenvalue weighted by atomic mass is 16.1. The first-order valence-corrected chi connectivity index (χ1v) is 7.57. The fourth-order valence-electron chi connectivity index (χ4n) is 3.24. The summed E-state index contributed by atoms with van der Waals surface area (Å²) in [7, 11) is 0. The van der Waals surface area contributed by atoms with Crippen LogP contribution in [-0.4, -0.2) is 25.5 Å². The van der Waals surface area contributed by atoms with Gasteiger partial charge in [-0.2, -0.15) is 0 Å². The van der Waals surface area contributed by atoms with Gasteiger partial charge in [-0.05, 0) is 56.4 Å². The third kappa shape index (κ3) is 3.71. The molecule has 3 nitrogen and oxygen atoms in total. The number of carbonyl (C=O) groups is 1. The van der Waals surface area contributed by atoms with E-state index in [-0.39, 0.29) is 11.3 Å². The molecule has 2 N–H and O–H groups in total. The highest BCUT2D eigenvalue weighted by molar-refractivity contribution is 5.78. The van der Waals surface area contributed by atoms with E-state index in [1.807, 2.05) is 0 Å². The van der Waals surface area contributed by atoms with E-state index in [1.165, 1.54) is 25.7 Å². The maximum Gasteiger partial charge on any atom is 0.223 e. The predicted octanol–water partition coefficient (Wildman–Crippen LogP) is 2.32. The van der Waals surface area contributed by atoms with Crippen molar-refractivity contribution < 1.29 is 4.79 Å². The van der Waals surface area contributed by atoms with E-state index in [4.69, 9.17) is 0 Å². The third-order valence-corrected chi connectivity index (χ3v) is 4.76. The lowest BCUT2D eigenvalue weighted by Crippen LogP contribution is -2.47. The molecule has 3 heteroatoms. The SMILES string of the molecule is CC1CCC(C(=O)NCC2(C)CCCNC2)CC1. The van der Waals surface area contributed by atoms with Crippen LogP contribution in [0.2, 0.25) is 0 Å². The Kier molecular flexibility index (Phi) is 4.66. The van der Waals surface area contributed by atoms with Gasteiger partial charge in [0.15, 0.2) is 0 Å². The molecule has 1 atom stereocenters. The summed E-state index contributed by atoms with van der Waals surface area (Å²) < 4.78 is 0. The smallest absolute Gasteiger partial charge is 0.223 e. The van der Waals surface area contributed by atoms with E-state index < -0.39 is 0 Å². The molecule has 0 bridgehead atoms. The Morgan fingerprint density at radius 1 is 1.33 bits per heavy atom. The zero-order valence-corrected chi connectivity index (χ0v) is 11.9. The predicted molar refractivity (Wildman–Crippen MR) is 74.3 cm³/mol. The van der Waals surface area contributed by atoms with Gasteiger partial charge < -0.3 is 10.6 Å². The first-order chi connectivity index (χ1) is 8.59. The molecular formula is C15H28N2O. The lowest BCUT2D eigenvalue weighted by Gasteiger charge is -2.35. The summed E-state index contributed by atoms with van der Waals surface area (Å²) in [6.45, 7) is 7.58. The van der Waals surface area contributed by atoms with Crippen molar-refractivity contribution in [1.29, 1.82) is 0 Å². The first-order valence-electron chi connectivity index (χ1n) is 7.57. The summed E-state index contributed by atoms with van der Waals surface area (Å²) in [6, 6.07) is 0. The van der Waals surface area contributed by atoms with E-state index in [0.29, 0.717) is 5.91 Å². The summed E-state index contributed by atoms with van der Waals surface area (Å²) in [4.78, 5) is 12.2. The van der Waals surface area contributed by atoms with E-state index >= 15 is 0 Å².